The largest absolute Gasteiger partial charge is 0.493 e. The summed E-state index contributed by atoms with van der Waals surface area (Å²) >= 11 is 0. The van der Waals surface area contributed by atoms with Gasteiger partial charge in [-0.1, -0.05) is 6.07 Å². The second kappa shape index (κ2) is 6.89. The number of nitrogens with one attached hydrogen (secondary N) is 1. The minimum atomic E-state index is -0.183. The van der Waals surface area contributed by atoms with Gasteiger partial charge < -0.3 is 9.47 Å². The summed E-state index contributed by atoms with van der Waals surface area (Å²) < 4.78 is 10.4. The summed E-state index contributed by atoms with van der Waals surface area (Å²) in [6.45, 7) is 3.72. The van der Waals surface area contributed by atoms with Crippen LogP contribution in [0.3, 0.4) is 0 Å². The molecule has 0 aliphatic rings. The lowest BCUT2D eigenvalue weighted by atomic mass is 10.1. The number of nitrogens with zero attached hydrogens (tertiary/aromatic N) is 2. The maximum Gasteiger partial charge on any atom is 0.231 e. The van der Waals surface area contributed by atoms with E-state index in [1.807, 2.05) is 26.0 Å². The molecule has 1 N–H and O–H groups in total. The summed E-state index contributed by atoms with van der Waals surface area (Å²) in [5.41, 5.74) is 2.45. The van der Waals surface area contributed by atoms with E-state index < -0.39 is 0 Å². The summed E-state index contributed by atoms with van der Waals surface area (Å²) in [6, 6.07) is 7.23. The third-order valence-corrected chi connectivity index (χ3v) is 3.05. The van der Waals surface area contributed by atoms with Gasteiger partial charge in [0.15, 0.2) is 11.5 Å². The monoisotopic (exact) mass is 301 g/mol. The molecular weight excluding hydrogens is 282 g/mol. The average Bonchev–Trinajstić information content (AvgIpc) is 2.45. The Hall–Kier alpha value is -2.63. The first-order chi connectivity index (χ1) is 10.5. The number of aryl methyl sites for hydroxylation is 2. The summed E-state index contributed by atoms with van der Waals surface area (Å²) in [5, 5.41) is 2.70. The van der Waals surface area contributed by atoms with Crippen molar-refractivity contribution in [2.24, 2.45) is 0 Å². The summed E-state index contributed by atoms with van der Waals surface area (Å²) in [6.07, 6.45) is 0.205. The smallest absolute Gasteiger partial charge is 0.231 e. The molecule has 0 bridgehead atoms. The fourth-order valence-corrected chi connectivity index (χ4v) is 2.13. The Morgan fingerprint density at radius 2 is 1.68 bits per heavy atom. The molecule has 22 heavy (non-hydrogen) atoms. The first-order valence-electron chi connectivity index (χ1n) is 6.85. The van der Waals surface area contributed by atoms with E-state index in [-0.39, 0.29) is 12.3 Å². The van der Waals surface area contributed by atoms with Crippen molar-refractivity contribution < 1.29 is 14.3 Å². The molecule has 0 saturated carbocycles. The number of hydrogen-bond donors (Lipinski definition) is 1. The highest BCUT2D eigenvalue weighted by Crippen LogP contribution is 2.27. The first-order valence-corrected chi connectivity index (χ1v) is 6.85. The molecule has 6 nitrogen and oxygen atoms in total. The van der Waals surface area contributed by atoms with Crippen LogP contribution in [0.2, 0.25) is 0 Å². The Morgan fingerprint density at radius 1 is 1.05 bits per heavy atom. The number of rotatable bonds is 5. The number of benzene rings is 1. The molecule has 0 unspecified atom stereocenters. The van der Waals surface area contributed by atoms with Crippen LogP contribution < -0.4 is 14.8 Å². The number of ether oxygens (including phenoxy) is 2. The van der Waals surface area contributed by atoms with E-state index in [1.165, 1.54) is 0 Å². The fraction of sp³-hybridized carbons (Fsp3) is 0.312. The standard InChI is InChI=1S/C16H19N3O3/c1-10-7-11(2)18-16(17-10)19-15(20)9-12-5-6-13(21-3)14(8-12)22-4/h5-8H,9H2,1-4H3,(H,17,18,19,20). The van der Waals surface area contributed by atoms with E-state index in [1.54, 1.807) is 26.4 Å². The molecule has 0 spiro atoms. The Morgan fingerprint density at radius 3 is 2.27 bits per heavy atom. The van der Waals surface area contributed by atoms with Gasteiger partial charge in [0.1, 0.15) is 0 Å². The van der Waals surface area contributed by atoms with Crippen LogP contribution in [0.25, 0.3) is 0 Å². The van der Waals surface area contributed by atoms with Crippen molar-refractivity contribution in [2.75, 3.05) is 19.5 Å². The molecule has 0 radical (unpaired) electrons. The van der Waals surface area contributed by atoms with Gasteiger partial charge in [0.05, 0.1) is 20.6 Å². The lowest BCUT2D eigenvalue weighted by Crippen LogP contribution is -2.17. The lowest BCUT2D eigenvalue weighted by molar-refractivity contribution is -0.115. The zero-order valence-corrected chi connectivity index (χ0v) is 13.1. The normalized spacial score (nSPS) is 10.2. The van der Waals surface area contributed by atoms with E-state index in [0.717, 1.165) is 17.0 Å². The van der Waals surface area contributed by atoms with Gasteiger partial charge in [-0.3, -0.25) is 10.1 Å². The molecule has 0 saturated heterocycles. The number of carbonyl (C=O) groups excluding carboxylic acids is 1. The number of methoxy groups -OCH3 is 2. The van der Waals surface area contributed by atoms with E-state index >= 15 is 0 Å². The van der Waals surface area contributed by atoms with Crippen LogP contribution in [0.4, 0.5) is 5.95 Å². The Bertz CT molecular complexity index is 666. The molecular formula is C16H19N3O3. The summed E-state index contributed by atoms with van der Waals surface area (Å²) in [4.78, 5) is 20.5. The zero-order valence-electron chi connectivity index (χ0n) is 13.1. The van der Waals surface area contributed by atoms with Crippen LogP contribution in [0.1, 0.15) is 17.0 Å². The van der Waals surface area contributed by atoms with E-state index in [0.29, 0.717) is 17.4 Å². The highest BCUT2D eigenvalue weighted by Gasteiger charge is 2.10. The second-order valence-corrected chi connectivity index (χ2v) is 4.89. The van der Waals surface area contributed by atoms with Crippen molar-refractivity contribution in [1.82, 2.24) is 9.97 Å². The number of aromatic nitrogens is 2. The third-order valence-electron chi connectivity index (χ3n) is 3.05. The van der Waals surface area contributed by atoms with Crippen LogP contribution in [0.5, 0.6) is 11.5 Å². The zero-order chi connectivity index (χ0) is 16.1. The van der Waals surface area contributed by atoms with Crippen molar-refractivity contribution >= 4 is 11.9 Å². The minimum absolute atomic E-state index is 0.183. The molecule has 0 aliphatic carbocycles. The Balaban J connectivity index is 2.08. The SMILES string of the molecule is COc1ccc(CC(=O)Nc2nc(C)cc(C)n2)cc1OC. The van der Waals surface area contributed by atoms with Crippen LogP contribution in [-0.4, -0.2) is 30.1 Å². The highest BCUT2D eigenvalue weighted by atomic mass is 16.5. The van der Waals surface area contributed by atoms with Crippen molar-refractivity contribution in [3.05, 3.63) is 41.2 Å². The number of hydrogen-bond acceptors (Lipinski definition) is 5. The van der Waals surface area contributed by atoms with Gasteiger partial charge in [-0.25, -0.2) is 9.97 Å². The highest BCUT2D eigenvalue weighted by molar-refractivity contribution is 5.90. The van der Waals surface area contributed by atoms with Crippen molar-refractivity contribution in [3.8, 4) is 11.5 Å². The molecule has 2 rings (SSSR count). The molecule has 2 aromatic rings. The van der Waals surface area contributed by atoms with Crippen molar-refractivity contribution in [3.63, 3.8) is 0 Å². The maximum absolute atomic E-state index is 12.1. The van der Waals surface area contributed by atoms with Gasteiger partial charge in [-0.2, -0.15) is 0 Å². The topological polar surface area (TPSA) is 73.3 Å². The van der Waals surface area contributed by atoms with Gasteiger partial charge in [0.2, 0.25) is 11.9 Å². The van der Waals surface area contributed by atoms with Crippen LogP contribution >= 0.6 is 0 Å². The molecule has 0 atom stereocenters. The summed E-state index contributed by atoms with van der Waals surface area (Å²) in [5.74, 6) is 1.36. The first kappa shape index (κ1) is 15.8. The number of amides is 1. The molecule has 1 amide bonds. The quantitative estimate of drug-likeness (QED) is 0.917. The number of anilines is 1. The lowest BCUT2D eigenvalue weighted by Gasteiger charge is -2.10. The van der Waals surface area contributed by atoms with E-state index in [2.05, 4.69) is 15.3 Å². The third kappa shape index (κ3) is 3.94. The van der Waals surface area contributed by atoms with Gasteiger partial charge in [0, 0.05) is 11.4 Å². The molecule has 1 aromatic heterocycles. The van der Waals surface area contributed by atoms with Gasteiger partial charge >= 0.3 is 0 Å². The average molecular weight is 301 g/mol. The van der Waals surface area contributed by atoms with Gasteiger partial charge in [-0.05, 0) is 37.6 Å². The predicted octanol–water partition coefficient (Wildman–Crippen LogP) is 2.29. The Kier molecular flexibility index (Phi) is 4.93. The fourth-order valence-electron chi connectivity index (χ4n) is 2.13. The van der Waals surface area contributed by atoms with Crippen LogP contribution in [0, 0.1) is 13.8 Å². The predicted molar refractivity (Wildman–Crippen MR) is 83.4 cm³/mol. The molecule has 1 aromatic carbocycles. The minimum Gasteiger partial charge on any atom is -0.493 e. The number of carbonyl (C=O) groups is 1. The van der Waals surface area contributed by atoms with Crippen molar-refractivity contribution in [2.45, 2.75) is 20.3 Å². The molecule has 0 fully saturated rings. The molecule has 0 aliphatic heterocycles. The van der Waals surface area contributed by atoms with Gasteiger partial charge in [-0.15, -0.1) is 0 Å². The molecule has 116 valence electrons. The maximum atomic E-state index is 12.1. The van der Waals surface area contributed by atoms with Crippen LogP contribution in [0.15, 0.2) is 24.3 Å². The second-order valence-electron chi connectivity index (χ2n) is 4.89. The summed E-state index contributed by atoms with van der Waals surface area (Å²) in [7, 11) is 3.13. The van der Waals surface area contributed by atoms with Gasteiger partial charge in [0.25, 0.3) is 0 Å². The molecule has 6 heteroatoms. The van der Waals surface area contributed by atoms with E-state index in [9.17, 15) is 4.79 Å². The molecule has 1 heterocycles. The van der Waals surface area contributed by atoms with E-state index in [4.69, 9.17) is 9.47 Å². The van der Waals surface area contributed by atoms with Crippen molar-refractivity contribution in [1.29, 1.82) is 0 Å². The Labute approximate surface area is 129 Å². The van der Waals surface area contributed by atoms with Crippen LogP contribution in [-0.2, 0) is 11.2 Å².